The standard InChI is InChI=1S/C13H10BrFN2OS/c14-13-4-3-12(19-13)11(7-17)18-10-2-1-8(6-16)5-9(10)15/h1-5,11H,7,17H2. The summed E-state index contributed by atoms with van der Waals surface area (Å²) in [5.74, 6) is -0.466. The van der Waals surface area contributed by atoms with E-state index < -0.39 is 11.9 Å². The molecule has 1 aromatic heterocycles. The molecule has 3 nitrogen and oxygen atoms in total. The highest BCUT2D eigenvalue weighted by Gasteiger charge is 2.16. The van der Waals surface area contributed by atoms with Gasteiger partial charge in [0, 0.05) is 11.4 Å². The van der Waals surface area contributed by atoms with Crippen molar-refractivity contribution in [3.63, 3.8) is 0 Å². The van der Waals surface area contributed by atoms with E-state index >= 15 is 0 Å². The van der Waals surface area contributed by atoms with Crippen molar-refractivity contribution in [2.75, 3.05) is 6.54 Å². The lowest BCUT2D eigenvalue weighted by molar-refractivity contribution is 0.208. The molecule has 2 N–H and O–H groups in total. The Morgan fingerprint density at radius 1 is 1.42 bits per heavy atom. The smallest absolute Gasteiger partial charge is 0.166 e. The average molecular weight is 341 g/mol. The quantitative estimate of drug-likeness (QED) is 0.924. The maximum Gasteiger partial charge on any atom is 0.166 e. The van der Waals surface area contributed by atoms with Crippen molar-refractivity contribution in [2.45, 2.75) is 6.10 Å². The summed E-state index contributed by atoms with van der Waals surface area (Å²) in [4.78, 5) is 0.915. The number of hydrogen-bond acceptors (Lipinski definition) is 4. The number of nitriles is 1. The van der Waals surface area contributed by atoms with Crippen molar-refractivity contribution in [1.82, 2.24) is 0 Å². The summed E-state index contributed by atoms with van der Waals surface area (Å²) in [7, 11) is 0. The largest absolute Gasteiger partial charge is 0.480 e. The third-order valence-corrected chi connectivity index (χ3v) is 4.17. The van der Waals surface area contributed by atoms with Gasteiger partial charge in [-0.2, -0.15) is 5.26 Å². The molecule has 1 unspecified atom stereocenters. The van der Waals surface area contributed by atoms with E-state index in [0.717, 1.165) is 14.7 Å². The Morgan fingerprint density at radius 2 is 2.21 bits per heavy atom. The molecule has 98 valence electrons. The lowest BCUT2D eigenvalue weighted by Gasteiger charge is -2.16. The normalized spacial score (nSPS) is 11.9. The van der Waals surface area contributed by atoms with E-state index in [2.05, 4.69) is 15.9 Å². The molecule has 0 saturated carbocycles. The molecule has 0 spiro atoms. The van der Waals surface area contributed by atoms with Crippen LogP contribution < -0.4 is 10.5 Å². The number of nitrogens with two attached hydrogens (primary N) is 1. The van der Waals surface area contributed by atoms with E-state index in [9.17, 15) is 4.39 Å². The van der Waals surface area contributed by atoms with Crippen LogP contribution in [0, 0.1) is 17.1 Å². The second kappa shape index (κ2) is 6.15. The van der Waals surface area contributed by atoms with E-state index in [-0.39, 0.29) is 17.9 Å². The van der Waals surface area contributed by atoms with Crippen LogP contribution in [0.2, 0.25) is 0 Å². The Bertz CT molecular complexity index is 623. The van der Waals surface area contributed by atoms with Crippen LogP contribution in [0.25, 0.3) is 0 Å². The fraction of sp³-hybridized carbons (Fsp3) is 0.154. The van der Waals surface area contributed by atoms with E-state index in [4.69, 9.17) is 15.7 Å². The van der Waals surface area contributed by atoms with Gasteiger partial charge in [-0.15, -0.1) is 11.3 Å². The zero-order valence-corrected chi connectivity index (χ0v) is 12.2. The molecular weight excluding hydrogens is 331 g/mol. The van der Waals surface area contributed by atoms with Crippen LogP contribution in [-0.4, -0.2) is 6.54 Å². The van der Waals surface area contributed by atoms with E-state index in [0.29, 0.717) is 0 Å². The van der Waals surface area contributed by atoms with Crippen molar-refractivity contribution >= 4 is 27.3 Å². The lowest BCUT2D eigenvalue weighted by atomic mass is 10.2. The van der Waals surface area contributed by atoms with Gasteiger partial charge in [-0.25, -0.2) is 4.39 Å². The Morgan fingerprint density at radius 3 is 2.74 bits per heavy atom. The summed E-state index contributed by atoms with van der Waals surface area (Å²) in [6.07, 6.45) is -0.404. The molecule has 0 aliphatic carbocycles. The molecule has 1 heterocycles. The first-order chi connectivity index (χ1) is 9.13. The molecule has 1 atom stereocenters. The highest BCUT2D eigenvalue weighted by Crippen LogP contribution is 2.31. The lowest BCUT2D eigenvalue weighted by Crippen LogP contribution is -2.17. The average Bonchev–Trinajstić information content (AvgIpc) is 2.83. The minimum absolute atomic E-state index is 0.0963. The van der Waals surface area contributed by atoms with Crippen LogP contribution in [-0.2, 0) is 0 Å². The molecular formula is C13H10BrFN2OS. The minimum Gasteiger partial charge on any atom is -0.480 e. The van der Waals surface area contributed by atoms with Crippen LogP contribution in [0.15, 0.2) is 34.1 Å². The number of rotatable bonds is 4. The first kappa shape index (κ1) is 14.0. The highest BCUT2D eigenvalue weighted by molar-refractivity contribution is 9.11. The monoisotopic (exact) mass is 340 g/mol. The Hall–Kier alpha value is -1.42. The fourth-order valence-corrected chi connectivity index (χ4v) is 3.01. The topological polar surface area (TPSA) is 59.0 Å². The molecule has 0 bridgehead atoms. The summed E-state index contributed by atoms with van der Waals surface area (Å²) in [6, 6.07) is 9.75. The molecule has 2 aromatic rings. The predicted molar refractivity (Wildman–Crippen MR) is 75.6 cm³/mol. The maximum absolute atomic E-state index is 13.7. The van der Waals surface area contributed by atoms with E-state index in [1.165, 1.54) is 23.5 Å². The number of ether oxygens (including phenoxy) is 1. The third kappa shape index (κ3) is 3.32. The van der Waals surface area contributed by atoms with Gasteiger partial charge < -0.3 is 10.5 Å². The molecule has 0 amide bonds. The Kier molecular flexibility index (Phi) is 4.53. The molecule has 0 aliphatic rings. The minimum atomic E-state index is -0.562. The van der Waals surface area contributed by atoms with Gasteiger partial charge in [0.05, 0.1) is 15.4 Å². The number of thiophene rings is 1. The molecule has 1 aromatic carbocycles. The third-order valence-electron chi connectivity index (χ3n) is 2.46. The molecule has 6 heteroatoms. The van der Waals surface area contributed by atoms with Crippen LogP contribution in [0.4, 0.5) is 4.39 Å². The van der Waals surface area contributed by atoms with Crippen LogP contribution in [0.5, 0.6) is 5.75 Å². The molecule has 0 saturated heterocycles. The van der Waals surface area contributed by atoms with Crippen molar-refractivity contribution < 1.29 is 9.13 Å². The maximum atomic E-state index is 13.7. The first-order valence-corrected chi connectivity index (χ1v) is 7.06. The number of halogens is 2. The van der Waals surface area contributed by atoms with Crippen molar-refractivity contribution in [3.8, 4) is 11.8 Å². The Balaban J connectivity index is 2.21. The molecule has 0 radical (unpaired) electrons. The van der Waals surface area contributed by atoms with Crippen molar-refractivity contribution in [2.24, 2.45) is 5.73 Å². The SMILES string of the molecule is N#Cc1ccc(OC(CN)c2ccc(Br)s2)c(F)c1. The van der Waals surface area contributed by atoms with Gasteiger partial charge in [-0.1, -0.05) is 0 Å². The summed E-state index contributed by atoms with van der Waals surface area (Å²) in [5.41, 5.74) is 5.92. The van der Waals surface area contributed by atoms with Crippen LogP contribution in [0.3, 0.4) is 0 Å². The van der Waals surface area contributed by atoms with Gasteiger partial charge >= 0.3 is 0 Å². The summed E-state index contributed by atoms with van der Waals surface area (Å²) < 4.78 is 20.3. The van der Waals surface area contributed by atoms with Gasteiger partial charge in [0.1, 0.15) is 6.10 Å². The first-order valence-electron chi connectivity index (χ1n) is 5.45. The molecule has 19 heavy (non-hydrogen) atoms. The van der Waals surface area contributed by atoms with E-state index in [1.807, 2.05) is 18.2 Å². The van der Waals surface area contributed by atoms with Gasteiger partial charge in [0.25, 0.3) is 0 Å². The van der Waals surface area contributed by atoms with Crippen LogP contribution in [0.1, 0.15) is 16.5 Å². The predicted octanol–water partition coefficient (Wildman–Crippen LogP) is 3.60. The Labute approximate surface area is 122 Å². The molecule has 2 rings (SSSR count). The summed E-state index contributed by atoms with van der Waals surface area (Å²) in [6.45, 7) is 0.242. The zero-order valence-electron chi connectivity index (χ0n) is 9.77. The van der Waals surface area contributed by atoms with Gasteiger partial charge in [0.2, 0.25) is 0 Å². The summed E-state index contributed by atoms with van der Waals surface area (Å²) in [5, 5.41) is 8.68. The van der Waals surface area contributed by atoms with Gasteiger partial charge in [-0.05, 0) is 46.3 Å². The summed E-state index contributed by atoms with van der Waals surface area (Å²) >= 11 is 4.85. The van der Waals surface area contributed by atoms with Crippen LogP contribution >= 0.6 is 27.3 Å². The highest BCUT2D eigenvalue weighted by atomic mass is 79.9. The van der Waals surface area contributed by atoms with Gasteiger partial charge in [-0.3, -0.25) is 0 Å². The molecule has 0 fully saturated rings. The van der Waals surface area contributed by atoms with Crippen molar-refractivity contribution in [3.05, 3.63) is 50.4 Å². The number of benzene rings is 1. The number of nitrogens with zero attached hydrogens (tertiary/aromatic N) is 1. The fourth-order valence-electron chi connectivity index (χ4n) is 1.54. The zero-order chi connectivity index (χ0) is 13.8. The number of hydrogen-bond donors (Lipinski definition) is 1. The van der Waals surface area contributed by atoms with Crippen molar-refractivity contribution in [1.29, 1.82) is 5.26 Å². The second-order valence-corrected chi connectivity index (χ2v) is 6.24. The van der Waals surface area contributed by atoms with E-state index in [1.54, 1.807) is 0 Å². The second-order valence-electron chi connectivity index (χ2n) is 3.74. The molecule has 0 aliphatic heterocycles. The van der Waals surface area contributed by atoms with Gasteiger partial charge in [0.15, 0.2) is 11.6 Å².